The van der Waals surface area contributed by atoms with Gasteiger partial charge in [0.15, 0.2) is 0 Å². The third-order valence-corrected chi connectivity index (χ3v) is 3.54. The van der Waals surface area contributed by atoms with Gasteiger partial charge >= 0.3 is 0 Å². The Kier molecular flexibility index (Phi) is 4.24. The lowest BCUT2D eigenvalue weighted by Gasteiger charge is -2.39. The molecule has 1 fully saturated rings. The molecule has 0 unspecified atom stereocenters. The Labute approximate surface area is 95.5 Å². The van der Waals surface area contributed by atoms with Crippen LogP contribution in [0.5, 0.6) is 0 Å². The first-order valence-corrected chi connectivity index (χ1v) is 6.36. The number of hydrogen-bond donors (Lipinski definition) is 0. The van der Waals surface area contributed by atoms with Crippen LogP contribution in [0.25, 0.3) is 0 Å². The minimum Gasteiger partial charge on any atom is -0.375 e. The maximum Gasteiger partial charge on any atom is 0.0283 e. The molecule has 0 bridgehead atoms. The lowest BCUT2D eigenvalue weighted by atomic mass is 9.87. The van der Waals surface area contributed by atoms with E-state index in [1.807, 2.05) is 0 Å². The summed E-state index contributed by atoms with van der Waals surface area (Å²) in [6.07, 6.45) is 9.31. The minimum absolute atomic E-state index is 0.279. The van der Waals surface area contributed by atoms with Crippen molar-refractivity contribution < 1.29 is 0 Å². The van der Waals surface area contributed by atoms with Gasteiger partial charge in [0.2, 0.25) is 0 Å². The van der Waals surface area contributed by atoms with E-state index >= 15 is 0 Å². The molecule has 15 heavy (non-hydrogen) atoms. The highest BCUT2D eigenvalue weighted by Gasteiger charge is 2.25. The molecule has 0 heterocycles. The molecule has 0 aromatic rings. The second-order valence-corrected chi connectivity index (χ2v) is 5.83. The Balaban J connectivity index is 2.68. The summed E-state index contributed by atoms with van der Waals surface area (Å²) in [5, 5.41) is 0. The lowest BCUT2D eigenvalue weighted by Crippen LogP contribution is -2.37. The van der Waals surface area contributed by atoms with Gasteiger partial charge in [0.1, 0.15) is 0 Å². The second-order valence-electron chi connectivity index (χ2n) is 5.83. The Morgan fingerprint density at radius 1 is 1.13 bits per heavy atom. The summed E-state index contributed by atoms with van der Waals surface area (Å²) in [4.78, 5) is 2.53. The second kappa shape index (κ2) is 5.05. The topological polar surface area (TPSA) is 3.24 Å². The number of rotatable bonds is 2. The van der Waals surface area contributed by atoms with Gasteiger partial charge in [0, 0.05) is 24.2 Å². The fourth-order valence-electron chi connectivity index (χ4n) is 2.83. The molecule has 1 rings (SSSR count). The number of allylic oxidation sites excluding steroid dienone is 2. The molecule has 1 aliphatic carbocycles. The maximum absolute atomic E-state index is 2.53. The highest BCUT2D eigenvalue weighted by Crippen LogP contribution is 2.32. The fourth-order valence-corrected chi connectivity index (χ4v) is 2.83. The van der Waals surface area contributed by atoms with E-state index in [0.717, 1.165) is 6.04 Å². The van der Waals surface area contributed by atoms with Crippen LogP contribution in [0.3, 0.4) is 0 Å². The molecule has 0 N–H and O–H groups in total. The fraction of sp³-hybridized carbons (Fsp3) is 0.857. The first-order chi connectivity index (χ1) is 6.96. The van der Waals surface area contributed by atoms with Gasteiger partial charge in [-0.15, -0.1) is 0 Å². The summed E-state index contributed by atoms with van der Waals surface area (Å²) in [5.41, 5.74) is 1.77. The van der Waals surface area contributed by atoms with E-state index in [2.05, 4.69) is 45.7 Å². The molecule has 0 saturated heterocycles. The van der Waals surface area contributed by atoms with Crippen molar-refractivity contribution in [3.63, 3.8) is 0 Å². The maximum atomic E-state index is 2.53. The van der Waals surface area contributed by atoms with Crippen molar-refractivity contribution in [3.05, 3.63) is 11.8 Å². The molecule has 0 aromatic carbocycles. The summed E-state index contributed by atoms with van der Waals surface area (Å²) in [7, 11) is 2.27. The van der Waals surface area contributed by atoms with E-state index in [4.69, 9.17) is 0 Å². The van der Waals surface area contributed by atoms with Crippen LogP contribution in [-0.4, -0.2) is 18.0 Å². The van der Waals surface area contributed by atoms with E-state index in [-0.39, 0.29) is 5.41 Å². The molecule has 1 saturated carbocycles. The highest BCUT2D eigenvalue weighted by molar-refractivity contribution is 5.09. The summed E-state index contributed by atoms with van der Waals surface area (Å²) < 4.78 is 0. The molecule has 1 aliphatic rings. The molecule has 0 spiro atoms. The van der Waals surface area contributed by atoms with Crippen LogP contribution in [0.4, 0.5) is 0 Å². The van der Waals surface area contributed by atoms with E-state index in [1.165, 1.54) is 37.8 Å². The first-order valence-electron chi connectivity index (χ1n) is 6.36. The van der Waals surface area contributed by atoms with Crippen molar-refractivity contribution >= 4 is 0 Å². The molecule has 0 aromatic heterocycles. The van der Waals surface area contributed by atoms with E-state index in [0.29, 0.717) is 0 Å². The van der Waals surface area contributed by atoms with Gasteiger partial charge in [-0.25, -0.2) is 0 Å². The minimum atomic E-state index is 0.279. The Bertz CT molecular complexity index is 216. The van der Waals surface area contributed by atoms with Gasteiger partial charge in [0.05, 0.1) is 0 Å². The Hall–Kier alpha value is -0.460. The molecule has 1 heteroatoms. The van der Waals surface area contributed by atoms with Crippen molar-refractivity contribution in [3.8, 4) is 0 Å². The molecule has 88 valence electrons. The Morgan fingerprint density at radius 3 is 2.07 bits per heavy atom. The molecular formula is C14H27N. The summed E-state index contributed by atoms with van der Waals surface area (Å²) >= 11 is 0. The van der Waals surface area contributed by atoms with Gasteiger partial charge in [-0.2, -0.15) is 0 Å². The van der Waals surface area contributed by atoms with Crippen molar-refractivity contribution in [2.75, 3.05) is 7.05 Å². The molecular weight excluding hydrogens is 182 g/mol. The van der Waals surface area contributed by atoms with Gasteiger partial charge in [0.25, 0.3) is 0 Å². The molecule has 0 aliphatic heterocycles. The predicted octanol–water partition coefficient (Wildman–Crippen LogP) is 4.20. The largest absolute Gasteiger partial charge is 0.375 e. The van der Waals surface area contributed by atoms with Crippen LogP contribution in [0.2, 0.25) is 0 Å². The monoisotopic (exact) mass is 209 g/mol. The molecule has 0 amide bonds. The zero-order chi connectivity index (χ0) is 11.5. The predicted molar refractivity (Wildman–Crippen MR) is 67.8 cm³/mol. The highest BCUT2D eigenvalue weighted by atomic mass is 15.1. The SMILES string of the molecule is C/C=C(\N(C)C1CCCCC1)C(C)(C)C. The average molecular weight is 209 g/mol. The first kappa shape index (κ1) is 12.6. The number of nitrogens with zero attached hydrogens (tertiary/aromatic N) is 1. The molecule has 0 radical (unpaired) electrons. The van der Waals surface area contributed by atoms with Gasteiger partial charge in [-0.1, -0.05) is 46.1 Å². The quantitative estimate of drug-likeness (QED) is 0.659. The standard InChI is InChI=1S/C14H27N/c1-6-13(14(2,3)4)15(5)12-10-8-7-9-11-12/h6,12H,7-11H2,1-5H3/b13-6-. The summed E-state index contributed by atoms with van der Waals surface area (Å²) in [5.74, 6) is 0. The number of hydrogen-bond acceptors (Lipinski definition) is 1. The van der Waals surface area contributed by atoms with Crippen LogP contribution in [0, 0.1) is 5.41 Å². The van der Waals surface area contributed by atoms with E-state index < -0.39 is 0 Å². The van der Waals surface area contributed by atoms with Crippen molar-refractivity contribution in [1.29, 1.82) is 0 Å². The van der Waals surface area contributed by atoms with Crippen molar-refractivity contribution in [2.24, 2.45) is 5.41 Å². The van der Waals surface area contributed by atoms with E-state index in [1.54, 1.807) is 0 Å². The average Bonchev–Trinajstić information content (AvgIpc) is 2.18. The summed E-state index contributed by atoms with van der Waals surface area (Å²) in [6, 6.07) is 0.782. The lowest BCUT2D eigenvalue weighted by molar-refractivity contribution is 0.197. The van der Waals surface area contributed by atoms with Gasteiger partial charge in [-0.3, -0.25) is 0 Å². The normalized spacial score (nSPS) is 20.5. The van der Waals surface area contributed by atoms with Crippen LogP contribution < -0.4 is 0 Å². The third kappa shape index (κ3) is 3.25. The summed E-state index contributed by atoms with van der Waals surface area (Å²) in [6.45, 7) is 9.09. The smallest absolute Gasteiger partial charge is 0.0283 e. The van der Waals surface area contributed by atoms with Crippen molar-refractivity contribution in [2.45, 2.75) is 65.8 Å². The van der Waals surface area contributed by atoms with Crippen molar-refractivity contribution in [1.82, 2.24) is 4.90 Å². The molecule has 0 atom stereocenters. The third-order valence-electron chi connectivity index (χ3n) is 3.54. The van der Waals surface area contributed by atoms with Crippen LogP contribution in [0.15, 0.2) is 11.8 Å². The molecule has 1 nitrogen and oxygen atoms in total. The van der Waals surface area contributed by atoms with Gasteiger partial charge < -0.3 is 4.90 Å². The van der Waals surface area contributed by atoms with Crippen LogP contribution in [-0.2, 0) is 0 Å². The van der Waals surface area contributed by atoms with Crippen LogP contribution >= 0.6 is 0 Å². The van der Waals surface area contributed by atoms with Crippen LogP contribution in [0.1, 0.15) is 59.8 Å². The zero-order valence-corrected chi connectivity index (χ0v) is 11.1. The van der Waals surface area contributed by atoms with E-state index in [9.17, 15) is 0 Å². The Morgan fingerprint density at radius 2 is 1.67 bits per heavy atom. The van der Waals surface area contributed by atoms with Gasteiger partial charge in [-0.05, 0) is 19.8 Å². The zero-order valence-electron chi connectivity index (χ0n) is 11.1.